The number of carbonyl (C=O) groups is 2. The molecule has 2 atom stereocenters. The highest BCUT2D eigenvalue weighted by atomic mass is 16.7. The lowest BCUT2D eigenvalue weighted by Crippen LogP contribution is -2.31. The maximum atomic E-state index is 11.6. The zero-order chi connectivity index (χ0) is 14.4. The Balaban J connectivity index is 1.66. The molecule has 108 valence electrons. The number of carbonyl (C=O) groups excluding carboxylic acids is 2. The van der Waals surface area contributed by atoms with E-state index in [-0.39, 0.29) is 18.6 Å². The van der Waals surface area contributed by atoms with Crippen molar-refractivity contribution in [2.45, 2.75) is 26.0 Å². The number of amides is 1. The molecule has 1 aliphatic heterocycles. The number of hydrogen-bond acceptors (Lipinski definition) is 5. The lowest BCUT2D eigenvalue weighted by atomic mass is 10.1. The molecule has 0 aliphatic carbocycles. The number of ether oxygens (including phenoxy) is 1. The van der Waals surface area contributed by atoms with Gasteiger partial charge in [-0.15, -0.1) is 5.48 Å². The van der Waals surface area contributed by atoms with Gasteiger partial charge in [0.15, 0.2) is 0 Å². The first-order valence-electron chi connectivity index (χ1n) is 6.56. The molecule has 1 amide bonds. The van der Waals surface area contributed by atoms with Crippen molar-refractivity contribution in [2.75, 3.05) is 6.54 Å². The van der Waals surface area contributed by atoms with Crippen molar-refractivity contribution in [3.05, 3.63) is 35.9 Å². The molecule has 0 saturated carbocycles. The van der Waals surface area contributed by atoms with Crippen LogP contribution in [0.5, 0.6) is 0 Å². The van der Waals surface area contributed by atoms with Gasteiger partial charge >= 0.3 is 12.1 Å². The summed E-state index contributed by atoms with van der Waals surface area (Å²) in [4.78, 5) is 27.7. The van der Waals surface area contributed by atoms with Crippen LogP contribution in [0.3, 0.4) is 0 Å². The largest absolute Gasteiger partial charge is 0.443 e. The summed E-state index contributed by atoms with van der Waals surface area (Å²) < 4.78 is 4.92. The minimum Gasteiger partial charge on any atom is -0.443 e. The molecule has 1 aromatic carbocycles. The van der Waals surface area contributed by atoms with E-state index in [1.54, 1.807) is 0 Å². The Bertz CT molecular complexity index is 464. The number of nitrogens with one attached hydrogen (secondary N) is 2. The van der Waals surface area contributed by atoms with Crippen LogP contribution in [0.1, 0.15) is 18.9 Å². The van der Waals surface area contributed by atoms with Gasteiger partial charge in [0.1, 0.15) is 6.61 Å². The van der Waals surface area contributed by atoms with E-state index >= 15 is 0 Å². The van der Waals surface area contributed by atoms with Gasteiger partial charge in [-0.2, -0.15) is 0 Å². The van der Waals surface area contributed by atoms with Gasteiger partial charge in [-0.05, 0) is 18.9 Å². The highest BCUT2D eigenvalue weighted by Crippen LogP contribution is 2.14. The minimum absolute atomic E-state index is 0.131. The van der Waals surface area contributed by atoms with Crippen LogP contribution < -0.4 is 10.8 Å². The Morgan fingerprint density at radius 2 is 2.10 bits per heavy atom. The minimum atomic E-state index is -0.777. The number of hydroxylamine groups is 1. The molecule has 0 spiro atoms. The van der Waals surface area contributed by atoms with Crippen LogP contribution in [-0.4, -0.2) is 24.6 Å². The molecule has 1 heterocycles. The van der Waals surface area contributed by atoms with Gasteiger partial charge in [0.05, 0.1) is 5.92 Å². The van der Waals surface area contributed by atoms with Crippen molar-refractivity contribution in [1.82, 2.24) is 10.8 Å². The molecule has 0 bridgehead atoms. The second-order valence-electron chi connectivity index (χ2n) is 4.83. The molecule has 1 saturated heterocycles. The van der Waals surface area contributed by atoms with E-state index in [0.29, 0.717) is 13.0 Å². The van der Waals surface area contributed by atoms with Crippen molar-refractivity contribution in [3.63, 3.8) is 0 Å². The molecule has 1 aromatic rings. The fourth-order valence-corrected chi connectivity index (χ4v) is 2.04. The lowest BCUT2D eigenvalue weighted by Gasteiger charge is -2.09. The third-order valence-electron chi connectivity index (χ3n) is 3.13. The Morgan fingerprint density at radius 1 is 1.35 bits per heavy atom. The molecular weight excluding hydrogens is 260 g/mol. The van der Waals surface area contributed by atoms with Gasteiger partial charge in [0, 0.05) is 12.6 Å². The fraction of sp³-hybridized carbons (Fsp3) is 0.429. The first-order valence-corrected chi connectivity index (χ1v) is 6.56. The monoisotopic (exact) mass is 278 g/mol. The lowest BCUT2D eigenvalue weighted by molar-refractivity contribution is -0.154. The summed E-state index contributed by atoms with van der Waals surface area (Å²) in [7, 11) is 0. The summed E-state index contributed by atoms with van der Waals surface area (Å²) in [6.45, 7) is 2.70. The summed E-state index contributed by atoms with van der Waals surface area (Å²) >= 11 is 0. The third kappa shape index (κ3) is 4.24. The van der Waals surface area contributed by atoms with Crippen molar-refractivity contribution in [1.29, 1.82) is 0 Å². The maximum absolute atomic E-state index is 11.6. The average Bonchev–Trinajstić information content (AvgIpc) is 2.90. The van der Waals surface area contributed by atoms with Gasteiger partial charge in [-0.3, -0.25) is 0 Å². The Kier molecular flexibility index (Phi) is 4.95. The molecule has 6 nitrogen and oxygen atoms in total. The molecule has 0 radical (unpaired) electrons. The maximum Gasteiger partial charge on any atom is 0.441 e. The first-order chi connectivity index (χ1) is 9.65. The molecule has 1 aliphatic rings. The highest BCUT2D eigenvalue weighted by Gasteiger charge is 2.29. The van der Waals surface area contributed by atoms with Crippen molar-refractivity contribution in [2.24, 2.45) is 5.92 Å². The molecule has 20 heavy (non-hydrogen) atoms. The van der Waals surface area contributed by atoms with E-state index < -0.39 is 12.1 Å². The van der Waals surface area contributed by atoms with Crippen LogP contribution in [0.15, 0.2) is 30.3 Å². The number of benzene rings is 1. The van der Waals surface area contributed by atoms with E-state index in [1.165, 1.54) is 0 Å². The first kappa shape index (κ1) is 14.3. The molecule has 6 heteroatoms. The normalized spacial score (nSPS) is 21.2. The van der Waals surface area contributed by atoms with Gasteiger partial charge in [-0.25, -0.2) is 9.59 Å². The van der Waals surface area contributed by atoms with Gasteiger partial charge in [0.25, 0.3) is 0 Å². The predicted octanol–water partition coefficient (Wildman–Crippen LogP) is 1.37. The van der Waals surface area contributed by atoms with Crippen LogP contribution in [0.25, 0.3) is 0 Å². The van der Waals surface area contributed by atoms with Crippen LogP contribution in [0, 0.1) is 5.92 Å². The van der Waals surface area contributed by atoms with Crippen LogP contribution in [-0.2, 0) is 21.0 Å². The molecule has 1 unspecified atom stereocenters. The topological polar surface area (TPSA) is 76.7 Å². The van der Waals surface area contributed by atoms with Gasteiger partial charge in [0.2, 0.25) is 0 Å². The van der Waals surface area contributed by atoms with Gasteiger partial charge < -0.3 is 14.9 Å². The second kappa shape index (κ2) is 6.91. The molecular formula is C14H18N2O4. The van der Waals surface area contributed by atoms with E-state index in [1.807, 2.05) is 42.7 Å². The smallest absolute Gasteiger partial charge is 0.441 e. The number of rotatable bonds is 3. The summed E-state index contributed by atoms with van der Waals surface area (Å²) in [6, 6.07) is 9.55. The standard InChI is InChI=1S/C14H18N2O4/c1-10-7-12(8-15-10)13(17)20-16-14(18)19-9-11-5-3-2-4-6-11/h2-6,10,12,15H,7-9H2,1H3,(H,16,18)/t10-,12?/m1/s1. The summed E-state index contributed by atoms with van der Waals surface area (Å²) in [5.74, 6) is -0.669. The quantitative estimate of drug-likeness (QED) is 0.817. The van der Waals surface area contributed by atoms with Crippen molar-refractivity contribution >= 4 is 12.1 Å². The van der Waals surface area contributed by atoms with Crippen molar-refractivity contribution < 1.29 is 19.2 Å². The summed E-state index contributed by atoms with van der Waals surface area (Å²) in [5, 5.41) is 3.14. The van der Waals surface area contributed by atoms with Crippen molar-refractivity contribution in [3.8, 4) is 0 Å². The summed E-state index contributed by atoms with van der Waals surface area (Å²) in [6.07, 6.45) is -0.0687. The number of hydrogen-bond donors (Lipinski definition) is 2. The molecule has 2 rings (SSSR count). The average molecular weight is 278 g/mol. The Morgan fingerprint density at radius 3 is 2.75 bits per heavy atom. The van der Waals surface area contributed by atoms with E-state index in [2.05, 4.69) is 5.32 Å². The molecule has 2 N–H and O–H groups in total. The Hall–Kier alpha value is -2.08. The van der Waals surface area contributed by atoms with E-state index in [9.17, 15) is 9.59 Å². The fourth-order valence-electron chi connectivity index (χ4n) is 2.04. The molecule has 0 aromatic heterocycles. The van der Waals surface area contributed by atoms with E-state index in [4.69, 9.17) is 9.57 Å². The zero-order valence-electron chi connectivity index (χ0n) is 11.3. The predicted molar refractivity (Wildman–Crippen MR) is 71.4 cm³/mol. The second-order valence-corrected chi connectivity index (χ2v) is 4.83. The zero-order valence-corrected chi connectivity index (χ0v) is 11.3. The third-order valence-corrected chi connectivity index (χ3v) is 3.13. The van der Waals surface area contributed by atoms with Crippen LogP contribution in [0.2, 0.25) is 0 Å². The Labute approximate surface area is 117 Å². The molecule has 1 fully saturated rings. The van der Waals surface area contributed by atoms with Crippen LogP contribution >= 0.6 is 0 Å². The van der Waals surface area contributed by atoms with Crippen LogP contribution in [0.4, 0.5) is 4.79 Å². The SMILES string of the molecule is C[C@@H]1CC(C(=O)ONC(=O)OCc2ccccc2)CN1. The van der Waals surface area contributed by atoms with E-state index in [0.717, 1.165) is 5.56 Å². The summed E-state index contributed by atoms with van der Waals surface area (Å²) in [5.41, 5.74) is 2.87. The highest BCUT2D eigenvalue weighted by molar-refractivity contribution is 5.75. The van der Waals surface area contributed by atoms with Gasteiger partial charge in [-0.1, -0.05) is 30.3 Å².